The van der Waals surface area contributed by atoms with Crippen LogP contribution in [0.1, 0.15) is 46.0 Å². The van der Waals surface area contributed by atoms with E-state index in [4.69, 9.17) is 4.99 Å². The number of anilines is 1. The first-order chi connectivity index (χ1) is 13.8. The smallest absolute Gasteiger partial charge is 0.191 e. The van der Waals surface area contributed by atoms with Gasteiger partial charge in [0.2, 0.25) is 0 Å². The normalized spacial score (nSPS) is 21.5. The fourth-order valence-corrected chi connectivity index (χ4v) is 4.43. The van der Waals surface area contributed by atoms with Crippen molar-refractivity contribution in [3.8, 4) is 0 Å². The zero-order chi connectivity index (χ0) is 19.6. The molecular formula is C23H40IN5. The van der Waals surface area contributed by atoms with Crippen LogP contribution < -0.4 is 15.5 Å². The van der Waals surface area contributed by atoms with Crippen molar-refractivity contribution >= 4 is 35.6 Å². The van der Waals surface area contributed by atoms with Crippen molar-refractivity contribution in [3.63, 3.8) is 0 Å². The molecule has 0 bridgehead atoms. The molecule has 3 rings (SSSR count). The number of hydrogen-bond acceptors (Lipinski definition) is 3. The molecule has 2 heterocycles. The quantitative estimate of drug-likeness (QED) is 0.329. The molecular weight excluding hydrogens is 473 g/mol. The van der Waals surface area contributed by atoms with E-state index in [1.54, 1.807) is 0 Å². The number of piperidine rings is 2. The Hall–Kier alpha value is -1.02. The van der Waals surface area contributed by atoms with Gasteiger partial charge in [0.05, 0.1) is 0 Å². The number of aliphatic imine (C=N–C) groups is 1. The lowest BCUT2D eigenvalue weighted by molar-refractivity contribution is 0.188. The molecule has 29 heavy (non-hydrogen) atoms. The second kappa shape index (κ2) is 13.3. The lowest BCUT2D eigenvalue weighted by Gasteiger charge is -2.35. The summed E-state index contributed by atoms with van der Waals surface area (Å²) in [6.07, 6.45) is 6.32. The van der Waals surface area contributed by atoms with Crippen molar-refractivity contribution in [2.75, 3.05) is 50.7 Å². The summed E-state index contributed by atoms with van der Waals surface area (Å²) >= 11 is 0. The van der Waals surface area contributed by atoms with E-state index in [0.717, 1.165) is 38.1 Å². The average Bonchev–Trinajstić information content (AvgIpc) is 2.75. The van der Waals surface area contributed by atoms with Gasteiger partial charge in [-0.25, -0.2) is 0 Å². The Morgan fingerprint density at radius 1 is 1.07 bits per heavy atom. The molecule has 0 aromatic heterocycles. The molecule has 1 aromatic carbocycles. The standard InChI is InChI=1S/C23H39N5.HI/c1-3-24-23(25-15-12-20-13-17-27(4-2)18-14-20)26-21-9-8-16-28(19-21)22-10-6-5-7-11-22;/h5-7,10-11,20-21H,3-4,8-9,12-19H2,1-2H3,(H2,24,25,26);1H. The molecule has 0 saturated carbocycles. The Kier molecular flexibility index (Phi) is 11.1. The first-order valence-corrected chi connectivity index (χ1v) is 11.4. The lowest BCUT2D eigenvalue weighted by atomic mass is 9.94. The van der Waals surface area contributed by atoms with Crippen LogP contribution in [0.25, 0.3) is 0 Å². The van der Waals surface area contributed by atoms with Gasteiger partial charge in [0.15, 0.2) is 5.96 Å². The number of rotatable bonds is 7. The van der Waals surface area contributed by atoms with Gasteiger partial charge in [-0.3, -0.25) is 4.99 Å². The van der Waals surface area contributed by atoms with E-state index < -0.39 is 0 Å². The van der Waals surface area contributed by atoms with Crippen molar-refractivity contribution in [1.82, 2.24) is 15.5 Å². The molecule has 1 aromatic rings. The molecule has 164 valence electrons. The van der Waals surface area contributed by atoms with Crippen molar-refractivity contribution < 1.29 is 0 Å². The summed E-state index contributed by atoms with van der Waals surface area (Å²) in [5.74, 6) is 1.84. The molecule has 2 fully saturated rings. The Bertz CT molecular complexity index is 586. The number of hydrogen-bond donors (Lipinski definition) is 2. The second-order valence-corrected chi connectivity index (χ2v) is 8.19. The molecule has 0 radical (unpaired) electrons. The number of halogens is 1. The maximum atomic E-state index is 4.90. The summed E-state index contributed by atoms with van der Waals surface area (Å²) < 4.78 is 0. The highest BCUT2D eigenvalue weighted by Gasteiger charge is 2.21. The Labute approximate surface area is 194 Å². The number of likely N-dealkylation sites (tertiary alicyclic amines) is 1. The number of nitrogens with one attached hydrogen (secondary N) is 2. The van der Waals surface area contributed by atoms with Crippen LogP contribution in [0.2, 0.25) is 0 Å². The van der Waals surface area contributed by atoms with E-state index in [1.165, 1.54) is 57.4 Å². The van der Waals surface area contributed by atoms with E-state index >= 15 is 0 Å². The topological polar surface area (TPSA) is 42.9 Å². The minimum absolute atomic E-state index is 0. The van der Waals surface area contributed by atoms with Gasteiger partial charge in [0.25, 0.3) is 0 Å². The summed E-state index contributed by atoms with van der Waals surface area (Å²) in [6.45, 7) is 12.2. The summed E-state index contributed by atoms with van der Waals surface area (Å²) in [5, 5.41) is 7.15. The number of para-hydroxylation sites is 1. The third-order valence-corrected chi connectivity index (χ3v) is 6.19. The third-order valence-electron chi connectivity index (χ3n) is 6.19. The number of guanidine groups is 1. The van der Waals surface area contributed by atoms with Crippen molar-refractivity contribution in [1.29, 1.82) is 0 Å². The monoisotopic (exact) mass is 513 g/mol. The van der Waals surface area contributed by atoms with Gasteiger partial charge in [-0.2, -0.15) is 0 Å². The predicted molar refractivity (Wildman–Crippen MR) is 136 cm³/mol. The molecule has 1 atom stereocenters. The largest absolute Gasteiger partial charge is 0.369 e. The fraction of sp³-hybridized carbons (Fsp3) is 0.696. The highest BCUT2D eigenvalue weighted by molar-refractivity contribution is 14.0. The SMILES string of the molecule is CCNC(=NCCC1CCN(CC)CC1)NC1CCCN(c2ccccc2)C1.I. The van der Waals surface area contributed by atoms with Crippen molar-refractivity contribution in [2.45, 2.75) is 52.0 Å². The summed E-state index contributed by atoms with van der Waals surface area (Å²) in [4.78, 5) is 9.96. The number of benzene rings is 1. The van der Waals surface area contributed by atoms with Crippen LogP contribution in [-0.2, 0) is 0 Å². The average molecular weight is 514 g/mol. The van der Waals surface area contributed by atoms with E-state index in [1.807, 2.05) is 0 Å². The molecule has 6 heteroatoms. The Morgan fingerprint density at radius 2 is 1.83 bits per heavy atom. The van der Waals surface area contributed by atoms with Crippen LogP contribution in [0.3, 0.4) is 0 Å². The van der Waals surface area contributed by atoms with Gasteiger partial charge in [0.1, 0.15) is 0 Å². The Balaban J connectivity index is 0.00000300. The predicted octanol–water partition coefficient (Wildman–Crippen LogP) is 3.95. The first-order valence-electron chi connectivity index (χ1n) is 11.4. The van der Waals surface area contributed by atoms with Crippen LogP contribution in [0.5, 0.6) is 0 Å². The molecule has 0 aliphatic carbocycles. The zero-order valence-corrected chi connectivity index (χ0v) is 20.6. The third kappa shape index (κ3) is 7.96. The second-order valence-electron chi connectivity index (χ2n) is 8.19. The summed E-state index contributed by atoms with van der Waals surface area (Å²) in [7, 11) is 0. The van der Waals surface area contributed by atoms with E-state index in [2.05, 4.69) is 64.6 Å². The van der Waals surface area contributed by atoms with Crippen LogP contribution in [0, 0.1) is 5.92 Å². The molecule has 2 N–H and O–H groups in total. The minimum Gasteiger partial charge on any atom is -0.369 e. The van der Waals surface area contributed by atoms with E-state index in [-0.39, 0.29) is 24.0 Å². The van der Waals surface area contributed by atoms with Crippen LogP contribution >= 0.6 is 24.0 Å². The van der Waals surface area contributed by atoms with Gasteiger partial charge in [-0.1, -0.05) is 25.1 Å². The summed E-state index contributed by atoms with van der Waals surface area (Å²) in [6, 6.07) is 11.2. The van der Waals surface area contributed by atoms with Crippen molar-refractivity contribution in [3.05, 3.63) is 30.3 Å². The minimum atomic E-state index is 0. The molecule has 2 saturated heterocycles. The molecule has 1 unspecified atom stereocenters. The van der Waals surface area contributed by atoms with Gasteiger partial charge in [-0.05, 0) is 76.7 Å². The molecule has 2 aliphatic heterocycles. The maximum absolute atomic E-state index is 4.90. The van der Waals surface area contributed by atoms with Crippen LogP contribution in [0.4, 0.5) is 5.69 Å². The van der Waals surface area contributed by atoms with Gasteiger partial charge in [0, 0.05) is 37.9 Å². The Morgan fingerprint density at radius 3 is 2.52 bits per heavy atom. The van der Waals surface area contributed by atoms with Crippen LogP contribution in [-0.4, -0.2) is 62.7 Å². The van der Waals surface area contributed by atoms with Crippen LogP contribution in [0.15, 0.2) is 35.3 Å². The van der Waals surface area contributed by atoms with E-state index in [9.17, 15) is 0 Å². The molecule has 2 aliphatic rings. The maximum Gasteiger partial charge on any atom is 0.191 e. The summed E-state index contributed by atoms with van der Waals surface area (Å²) in [5.41, 5.74) is 1.33. The molecule has 0 spiro atoms. The number of nitrogens with zero attached hydrogens (tertiary/aromatic N) is 3. The molecule has 5 nitrogen and oxygen atoms in total. The fourth-order valence-electron chi connectivity index (χ4n) is 4.43. The lowest BCUT2D eigenvalue weighted by Crippen LogP contribution is -2.51. The van der Waals surface area contributed by atoms with E-state index in [0.29, 0.717) is 6.04 Å². The first kappa shape index (κ1) is 24.3. The molecule has 0 amide bonds. The zero-order valence-electron chi connectivity index (χ0n) is 18.3. The highest BCUT2D eigenvalue weighted by Crippen LogP contribution is 2.21. The van der Waals surface area contributed by atoms with Gasteiger partial charge in [-0.15, -0.1) is 24.0 Å². The van der Waals surface area contributed by atoms with Crippen molar-refractivity contribution in [2.24, 2.45) is 10.9 Å². The van der Waals surface area contributed by atoms with Gasteiger partial charge >= 0.3 is 0 Å². The highest BCUT2D eigenvalue weighted by atomic mass is 127. The van der Waals surface area contributed by atoms with Gasteiger partial charge < -0.3 is 20.4 Å².